The van der Waals surface area contributed by atoms with Crippen molar-refractivity contribution in [3.05, 3.63) is 10.0 Å². The van der Waals surface area contributed by atoms with Crippen LogP contribution in [0.2, 0.25) is 0 Å². The standard InChI is InChI=1S/C10H19N3S/c1-3-5-6-9-12-13-10(14-9)7-8-11-4-2/h11H,3-8H2,1-2H3. The van der Waals surface area contributed by atoms with Crippen LogP contribution in [0.1, 0.15) is 36.7 Å². The first-order chi connectivity index (χ1) is 6.86. The van der Waals surface area contributed by atoms with Crippen molar-refractivity contribution in [1.82, 2.24) is 15.5 Å². The van der Waals surface area contributed by atoms with E-state index in [4.69, 9.17) is 0 Å². The van der Waals surface area contributed by atoms with Crippen molar-refractivity contribution in [2.24, 2.45) is 0 Å². The fourth-order valence-corrected chi connectivity index (χ4v) is 2.08. The summed E-state index contributed by atoms with van der Waals surface area (Å²) in [4.78, 5) is 0. The van der Waals surface area contributed by atoms with Crippen LogP contribution in [0.4, 0.5) is 0 Å². The van der Waals surface area contributed by atoms with E-state index in [9.17, 15) is 0 Å². The minimum absolute atomic E-state index is 1.01. The molecule has 1 rings (SSSR count). The minimum Gasteiger partial charge on any atom is -0.317 e. The van der Waals surface area contributed by atoms with E-state index in [1.807, 2.05) is 0 Å². The Kier molecular flexibility index (Phi) is 5.71. The molecule has 0 unspecified atom stereocenters. The lowest BCUT2D eigenvalue weighted by Gasteiger charge is -1.95. The SMILES string of the molecule is CCCCc1nnc(CCNCC)s1. The molecular formula is C10H19N3S. The molecule has 0 saturated heterocycles. The molecule has 1 heterocycles. The van der Waals surface area contributed by atoms with Crippen LogP contribution in [-0.2, 0) is 12.8 Å². The zero-order valence-electron chi connectivity index (χ0n) is 9.05. The molecule has 4 heteroatoms. The fourth-order valence-electron chi connectivity index (χ4n) is 1.19. The van der Waals surface area contributed by atoms with E-state index in [0.717, 1.165) is 30.9 Å². The first kappa shape index (κ1) is 11.6. The first-order valence-electron chi connectivity index (χ1n) is 5.38. The van der Waals surface area contributed by atoms with Crippen molar-refractivity contribution in [3.8, 4) is 0 Å². The van der Waals surface area contributed by atoms with Gasteiger partial charge in [0.1, 0.15) is 10.0 Å². The molecule has 0 aliphatic carbocycles. The number of hydrogen-bond acceptors (Lipinski definition) is 4. The molecule has 14 heavy (non-hydrogen) atoms. The van der Waals surface area contributed by atoms with E-state index in [1.165, 1.54) is 17.8 Å². The van der Waals surface area contributed by atoms with Gasteiger partial charge in [-0.3, -0.25) is 0 Å². The lowest BCUT2D eigenvalue weighted by atomic mass is 10.3. The van der Waals surface area contributed by atoms with E-state index in [-0.39, 0.29) is 0 Å². The summed E-state index contributed by atoms with van der Waals surface area (Å²) in [5.41, 5.74) is 0. The molecule has 1 N–H and O–H groups in total. The van der Waals surface area contributed by atoms with Gasteiger partial charge in [0.25, 0.3) is 0 Å². The Hall–Kier alpha value is -0.480. The summed E-state index contributed by atoms with van der Waals surface area (Å²) in [6.07, 6.45) is 4.56. The Balaban J connectivity index is 2.27. The van der Waals surface area contributed by atoms with Gasteiger partial charge in [-0.2, -0.15) is 0 Å². The van der Waals surface area contributed by atoms with Gasteiger partial charge < -0.3 is 5.32 Å². The molecule has 0 bridgehead atoms. The topological polar surface area (TPSA) is 37.8 Å². The molecule has 80 valence electrons. The van der Waals surface area contributed by atoms with Gasteiger partial charge in [-0.05, 0) is 13.0 Å². The Morgan fingerprint density at radius 1 is 1.14 bits per heavy atom. The fraction of sp³-hybridized carbons (Fsp3) is 0.800. The second-order valence-corrected chi connectivity index (χ2v) is 4.44. The van der Waals surface area contributed by atoms with Gasteiger partial charge in [-0.1, -0.05) is 20.3 Å². The molecule has 0 amide bonds. The van der Waals surface area contributed by atoms with Gasteiger partial charge in [0, 0.05) is 19.4 Å². The van der Waals surface area contributed by atoms with Crippen LogP contribution in [0.5, 0.6) is 0 Å². The largest absolute Gasteiger partial charge is 0.317 e. The quantitative estimate of drug-likeness (QED) is 0.704. The van der Waals surface area contributed by atoms with Crippen molar-refractivity contribution in [3.63, 3.8) is 0 Å². The smallest absolute Gasteiger partial charge is 0.118 e. The predicted octanol–water partition coefficient (Wildman–Crippen LogP) is 2.03. The highest BCUT2D eigenvalue weighted by Crippen LogP contribution is 2.12. The van der Waals surface area contributed by atoms with E-state index in [2.05, 4.69) is 29.4 Å². The van der Waals surface area contributed by atoms with Gasteiger partial charge >= 0.3 is 0 Å². The number of likely N-dealkylation sites (N-methyl/N-ethyl adjacent to an activating group) is 1. The van der Waals surface area contributed by atoms with Crippen molar-refractivity contribution in [2.75, 3.05) is 13.1 Å². The van der Waals surface area contributed by atoms with E-state index >= 15 is 0 Å². The van der Waals surface area contributed by atoms with Crippen LogP contribution in [0.3, 0.4) is 0 Å². The van der Waals surface area contributed by atoms with Gasteiger partial charge in [0.15, 0.2) is 0 Å². The van der Waals surface area contributed by atoms with Gasteiger partial charge in [0.05, 0.1) is 0 Å². The van der Waals surface area contributed by atoms with Crippen molar-refractivity contribution in [1.29, 1.82) is 0 Å². The number of unbranched alkanes of at least 4 members (excludes halogenated alkanes) is 1. The first-order valence-corrected chi connectivity index (χ1v) is 6.20. The maximum Gasteiger partial charge on any atom is 0.118 e. The second-order valence-electron chi connectivity index (χ2n) is 3.30. The molecule has 1 aromatic rings. The molecular weight excluding hydrogens is 194 g/mol. The zero-order valence-corrected chi connectivity index (χ0v) is 9.86. The third-order valence-electron chi connectivity index (χ3n) is 2.02. The van der Waals surface area contributed by atoms with Gasteiger partial charge in [-0.15, -0.1) is 21.5 Å². The summed E-state index contributed by atoms with van der Waals surface area (Å²) in [6.45, 7) is 6.36. The molecule has 0 radical (unpaired) electrons. The Bertz CT molecular complexity index is 247. The summed E-state index contributed by atoms with van der Waals surface area (Å²) in [7, 11) is 0. The Morgan fingerprint density at radius 3 is 2.50 bits per heavy atom. The molecule has 0 aliphatic heterocycles. The molecule has 0 atom stereocenters. The van der Waals surface area contributed by atoms with Crippen LogP contribution < -0.4 is 5.32 Å². The van der Waals surface area contributed by atoms with Crippen LogP contribution in [-0.4, -0.2) is 23.3 Å². The average molecular weight is 213 g/mol. The highest BCUT2D eigenvalue weighted by Gasteiger charge is 2.02. The van der Waals surface area contributed by atoms with Gasteiger partial charge in [0.2, 0.25) is 0 Å². The molecule has 0 aliphatic rings. The number of aromatic nitrogens is 2. The van der Waals surface area contributed by atoms with Crippen molar-refractivity contribution in [2.45, 2.75) is 39.5 Å². The monoisotopic (exact) mass is 213 g/mol. The van der Waals surface area contributed by atoms with Crippen LogP contribution >= 0.6 is 11.3 Å². The average Bonchev–Trinajstić information content (AvgIpc) is 2.63. The summed E-state index contributed by atoms with van der Waals surface area (Å²) < 4.78 is 0. The Labute approximate surface area is 89.9 Å². The highest BCUT2D eigenvalue weighted by atomic mass is 32.1. The number of hydrogen-bond donors (Lipinski definition) is 1. The molecule has 0 saturated carbocycles. The molecule has 1 aromatic heterocycles. The number of rotatable bonds is 7. The lowest BCUT2D eigenvalue weighted by Crippen LogP contribution is -2.15. The van der Waals surface area contributed by atoms with E-state index in [1.54, 1.807) is 11.3 Å². The van der Waals surface area contributed by atoms with Crippen molar-refractivity contribution < 1.29 is 0 Å². The predicted molar refractivity (Wildman–Crippen MR) is 60.8 cm³/mol. The molecule has 3 nitrogen and oxygen atoms in total. The maximum absolute atomic E-state index is 4.17. The Morgan fingerprint density at radius 2 is 1.86 bits per heavy atom. The van der Waals surface area contributed by atoms with Crippen LogP contribution in [0, 0.1) is 0 Å². The number of nitrogens with one attached hydrogen (secondary N) is 1. The lowest BCUT2D eigenvalue weighted by molar-refractivity contribution is 0.709. The third kappa shape index (κ3) is 4.15. The van der Waals surface area contributed by atoms with Crippen molar-refractivity contribution >= 4 is 11.3 Å². The van der Waals surface area contributed by atoms with Gasteiger partial charge in [-0.25, -0.2) is 0 Å². The molecule has 0 aromatic carbocycles. The van der Waals surface area contributed by atoms with Crippen LogP contribution in [0.15, 0.2) is 0 Å². The maximum atomic E-state index is 4.17. The third-order valence-corrected chi connectivity index (χ3v) is 3.06. The molecule has 0 fully saturated rings. The number of aryl methyl sites for hydroxylation is 1. The summed E-state index contributed by atoms with van der Waals surface area (Å²) >= 11 is 1.76. The second kappa shape index (κ2) is 6.90. The van der Waals surface area contributed by atoms with Crippen LogP contribution in [0.25, 0.3) is 0 Å². The molecule has 0 spiro atoms. The minimum atomic E-state index is 1.01. The zero-order chi connectivity index (χ0) is 10.2. The normalized spacial score (nSPS) is 10.7. The number of nitrogens with zero attached hydrogens (tertiary/aromatic N) is 2. The highest BCUT2D eigenvalue weighted by molar-refractivity contribution is 7.11. The van der Waals surface area contributed by atoms with E-state index < -0.39 is 0 Å². The summed E-state index contributed by atoms with van der Waals surface area (Å²) in [6, 6.07) is 0. The summed E-state index contributed by atoms with van der Waals surface area (Å²) in [5.74, 6) is 0. The summed E-state index contributed by atoms with van der Waals surface area (Å²) in [5, 5.41) is 14.0. The van der Waals surface area contributed by atoms with E-state index in [0.29, 0.717) is 0 Å².